The van der Waals surface area contributed by atoms with Crippen LogP contribution >= 0.6 is 0 Å². The van der Waals surface area contributed by atoms with E-state index in [1.165, 1.54) is 36.1 Å². The highest BCUT2D eigenvalue weighted by Crippen LogP contribution is 2.19. The van der Waals surface area contributed by atoms with Crippen molar-refractivity contribution < 1.29 is 31.2 Å². The summed E-state index contributed by atoms with van der Waals surface area (Å²) in [5.74, 6) is -1.26. The van der Waals surface area contributed by atoms with Gasteiger partial charge < -0.3 is 9.64 Å². The summed E-state index contributed by atoms with van der Waals surface area (Å²) in [7, 11) is -6.52. The molecule has 2 atom stereocenters. The summed E-state index contributed by atoms with van der Waals surface area (Å²) < 4.78 is 51.4. The van der Waals surface area contributed by atoms with E-state index in [0.29, 0.717) is 13.0 Å². The number of benzene rings is 1. The Morgan fingerprint density at radius 1 is 1.26 bits per heavy atom. The Kier molecular flexibility index (Phi) is 6.31. The van der Waals surface area contributed by atoms with Crippen molar-refractivity contribution in [1.29, 1.82) is 0 Å². The van der Waals surface area contributed by atoms with E-state index < -0.39 is 43.7 Å². The molecule has 1 aromatic rings. The molecule has 1 aromatic carbocycles. The lowest BCUT2D eigenvalue weighted by Gasteiger charge is -2.29. The largest absolute Gasteiger partial charge is 0.449 e. The van der Waals surface area contributed by atoms with Crippen LogP contribution in [-0.4, -0.2) is 70.1 Å². The van der Waals surface area contributed by atoms with Crippen molar-refractivity contribution in [3.05, 3.63) is 29.8 Å². The second-order valence-corrected chi connectivity index (χ2v) is 10.8. The summed E-state index contributed by atoms with van der Waals surface area (Å²) in [5, 5.41) is 0. The molecular formula is C17H23NO7S2. The van der Waals surface area contributed by atoms with E-state index in [4.69, 9.17) is 4.74 Å². The zero-order valence-corrected chi connectivity index (χ0v) is 17.0. The van der Waals surface area contributed by atoms with Gasteiger partial charge in [-0.15, -0.1) is 0 Å². The van der Waals surface area contributed by atoms with E-state index in [2.05, 4.69) is 0 Å². The van der Waals surface area contributed by atoms with Crippen LogP contribution in [0.3, 0.4) is 0 Å². The Labute approximate surface area is 159 Å². The molecule has 0 N–H and O–H groups in total. The summed E-state index contributed by atoms with van der Waals surface area (Å²) in [6.07, 6.45) is 0.342. The Balaban J connectivity index is 2.05. The molecule has 0 bridgehead atoms. The van der Waals surface area contributed by atoms with Crippen molar-refractivity contribution in [3.63, 3.8) is 0 Å². The van der Waals surface area contributed by atoms with E-state index >= 15 is 0 Å². The Bertz CT molecular complexity index is 921. The van der Waals surface area contributed by atoms with Gasteiger partial charge in [0, 0.05) is 18.8 Å². The summed E-state index contributed by atoms with van der Waals surface area (Å²) >= 11 is 0. The highest BCUT2D eigenvalue weighted by molar-refractivity contribution is 7.91. The average Bonchev–Trinajstić information content (AvgIpc) is 2.94. The van der Waals surface area contributed by atoms with Crippen molar-refractivity contribution in [1.82, 2.24) is 4.90 Å². The van der Waals surface area contributed by atoms with Crippen LogP contribution < -0.4 is 0 Å². The predicted octanol–water partition coefficient (Wildman–Crippen LogP) is 0.671. The standard InChI is InChI=1S/C17H23NO7S2/c1-4-18(14-9-10-27(23,24)11-14)16(19)12(2)25-17(20)13-5-7-15(8-6-13)26(3,21)22/h5-8,12,14H,4,9-11H2,1-3H3/t12-,14+/m0/s1. The molecule has 0 aliphatic carbocycles. The van der Waals surface area contributed by atoms with E-state index in [1.54, 1.807) is 6.92 Å². The highest BCUT2D eigenvalue weighted by atomic mass is 32.2. The first-order chi connectivity index (χ1) is 12.4. The number of carbonyl (C=O) groups is 2. The van der Waals surface area contributed by atoms with Crippen molar-refractivity contribution >= 4 is 31.6 Å². The van der Waals surface area contributed by atoms with E-state index in [-0.39, 0.29) is 22.0 Å². The molecule has 27 heavy (non-hydrogen) atoms. The maximum atomic E-state index is 12.6. The van der Waals surface area contributed by atoms with Crippen LogP contribution in [0.4, 0.5) is 0 Å². The maximum Gasteiger partial charge on any atom is 0.338 e. The van der Waals surface area contributed by atoms with Crippen molar-refractivity contribution in [2.45, 2.75) is 37.3 Å². The smallest absolute Gasteiger partial charge is 0.338 e. The molecule has 1 aliphatic heterocycles. The third kappa shape index (κ3) is 5.29. The molecule has 1 aliphatic rings. The van der Waals surface area contributed by atoms with Crippen LogP contribution in [0.25, 0.3) is 0 Å². The van der Waals surface area contributed by atoms with Gasteiger partial charge in [0.05, 0.1) is 22.0 Å². The van der Waals surface area contributed by atoms with Crippen LogP contribution in [0.15, 0.2) is 29.2 Å². The van der Waals surface area contributed by atoms with Gasteiger partial charge in [-0.1, -0.05) is 0 Å². The topological polar surface area (TPSA) is 115 Å². The molecule has 0 radical (unpaired) electrons. The lowest BCUT2D eigenvalue weighted by atomic mass is 10.2. The molecule has 8 nitrogen and oxygen atoms in total. The first kappa shape index (κ1) is 21.4. The van der Waals surface area contributed by atoms with Gasteiger partial charge in [0.25, 0.3) is 5.91 Å². The molecule has 1 amide bonds. The summed E-state index contributed by atoms with van der Waals surface area (Å²) in [6.45, 7) is 3.47. The predicted molar refractivity (Wildman–Crippen MR) is 98.9 cm³/mol. The van der Waals surface area contributed by atoms with Crippen LogP contribution in [0.5, 0.6) is 0 Å². The quantitative estimate of drug-likeness (QED) is 0.625. The fourth-order valence-electron chi connectivity index (χ4n) is 2.97. The lowest BCUT2D eigenvalue weighted by Crippen LogP contribution is -2.46. The van der Waals surface area contributed by atoms with Gasteiger partial charge in [-0.3, -0.25) is 4.79 Å². The van der Waals surface area contributed by atoms with E-state index in [9.17, 15) is 26.4 Å². The highest BCUT2D eigenvalue weighted by Gasteiger charge is 2.36. The number of likely N-dealkylation sites (N-methyl/N-ethyl adjacent to an activating group) is 1. The molecule has 1 fully saturated rings. The van der Waals surface area contributed by atoms with Gasteiger partial charge in [0.15, 0.2) is 25.8 Å². The SMILES string of the molecule is CCN(C(=O)[C@H](C)OC(=O)c1ccc(S(C)(=O)=O)cc1)[C@@H]1CCS(=O)(=O)C1. The van der Waals surface area contributed by atoms with Gasteiger partial charge in [-0.2, -0.15) is 0 Å². The first-order valence-electron chi connectivity index (χ1n) is 8.46. The zero-order chi connectivity index (χ0) is 20.4. The number of ether oxygens (including phenoxy) is 1. The number of amides is 1. The third-order valence-corrected chi connectivity index (χ3v) is 7.30. The Morgan fingerprint density at radius 2 is 1.85 bits per heavy atom. The zero-order valence-electron chi connectivity index (χ0n) is 15.4. The molecule has 0 saturated carbocycles. The maximum absolute atomic E-state index is 12.6. The van der Waals surface area contributed by atoms with Crippen molar-refractivity contribution in [3.8, 4) is 0 Å². The number of hydrogen-bond acceptors (Lipinski definition) is 7. The van der Waals surface area contributed by atoms with E-state index in [1.807, 2.05) is 0 Å². The molecule has 1 saturated heterocycles. The fourth-order valence-corrected chi connectivity index (χ4v) is 5.33. The third-order valence-electron chi connectivity index (χ3n) is 4.42. The number of rotatable bonds is 6. The number of hydrogen-bond donors (Lipinski definition) is 0. The summed E-state index contributed by atoms with van der Waals surface area (Å²) in [5.41, 5.74) is 0.119. The van der Waals surface area contributed by atoms with E-state index in [0.717, 1.165) is 6.26 Å². The number of esters is 1. The molecule has 1 heterocycles. The second-order valence-electron chi connectivity index (χ2n) is 6.53. The van der Waals surface area contributed by atoms with Crippen LogP contribution in [-0.2, 0) is 29.2 Å². The molecule has 0 aromatic heterocycles. The molecule has 2 rings (SSSR count). The van der Waals surface area contributed by atoms with Crippen molar-refractivity contribution in [2.24, 2.45) is 0 Å². The van der Waals surface area contributed by atoms with Gasteiger partial charge in [0.1, 0.15) is 0 Å². The van der Waals surface area contributed by atoms with Crippen molar-refractivity contribution in [2.75, 3.05) is 24.3 Å². The Hall–Kier alpha value is -1.94. The summed E-state index contributed by atoms with van der Waals surface area (Å²) in [4.78, 5) is 26.3. The minimum atomic E-state index is -3.38. The Morgan fingerprint density at radius 3 is 2.30 bits per heavy atom. The van der Waals surface area contributed by atoms with Gasteiger partial charge >= 0.3 is 5.97 Å². The molecule has 10 heteroatoms. The molecular weight excluding hydrogens is 394 g/mol. The lowest BCUT2D eigenvalue weighted by molar-refractivity contribution is -0.141. The summed E-state index contributed by atoms with van der Waals surface area (Å²) in [6, 6.07) is 4.80. The van der Waals surface area contributed by atoms with Gasteiger partial charge in [0.2, 0.25) is 0 Å². The van der Waals surface area contributed by atoms with Crippen LogP contribution in [0.2, 0.25) is 0 Å². The second kappa shape index (κ2) is 7.97. The average molecular weight is 418 g/mol. The number of sulfone groups is 2. The molecule has 0 unspecified atom stereocenters. The van der Waals surface area contributed by atoms with Crippen LogP contribution in [0, 0.1) is 0 Å². The van der Waals surface area contributed by atoms with Gasteiger partial charge in [-0.05, 0) is 44.5 Å². The van der Waals surface area contributed by atoms with Crippen LogP contribution in [0.1, 0.15) is 30.6 Å². The normalized spacial score (nSPS) is 20.0. The number of carbonyl (C=O) groups excluding carboxylic acids is 2. The minimum Gasteiger partial charge on any atom is -0.449 e. The molecule has 150 valence electrons. The minimum absolute atomic E-state index is 0.0439. The first-order valence-corrected chi connectivity index (χ1v) is 12.2. The monoisotopic (exact) mass is 417 g/mol. The number of nitrogens with zero attached hydrogens (tertiary/aromatic N) is 1. The fraction of sp³-hybridized carbons (Fsp3) is 0.529. The van der Waals surface area contributed by atoms with Gasteiger partial charge in [-0.25, -0.2) is 21.6 Å². The molecule has 0 spiro atoms.